The van der Waals surface area contributed by atoms with E-state index in [1.165, 1.54) is 23.8 Å². The van der Waals surface area contributed by atoms with E-state index in [4.69, 9.17) is 4.84 Å². The highest BCUT2D eigenvalue weighted by Crippen LogP contribution is 2.25. The summed E-state index contributed by atoms with van der Waals surface area (Å²) in [6.45, 7) is 0.226. The summed E-state index contributed by atoms with van der Waals surface area (Å²) in [5, 5.41) is 12.9. The van der Waals surface area contributed by atoms with Gasteiger partial charge in [0.25, 0.3) is 5.91 Å². The number of hydrogen-bond acceptors (Lipinski definition) is 4. The van der Waals surface area contributed by atoms with E-state index in [1.54, 1.807) is 0 Å². The van der Waals surface area contributed by atoms with Gasteiger partial charge in [0.2, 0.25) is 5.91 Å². The van der Waals surface area contributed by atoms with Gasteiger partial charge < -0.3 is 10.4 Å². The first kappa shape index (κ1) is 23.5. The van der Waals surface area contributed by atoms with Gasteiger partial charge in [-0.25, -0.2) is 5.48 Å². The number of amides is 2. The van der Waals surface area contributed by atoms with Gasteiger partial charge in [0, 0.05) is 5.56 Å². The number of hydrogen-bond donors (Lipinski definition) is 3. The zero-order chi connectivity index (χ0) is 22.8. The molecule has 0 spiro atoms. The molecule has 0 aliphatic carbocycles. The van der Waals surface area contributed by atoms with Crippen molar-refractivity contribution < 1.29 is 19.5 Å². The van der Waals surface area contributed by atoms with Crippen molar-refractivity contribution in [1.29, 1.82) is 0 Å². The van der Waals surface area contributed by atoms with Gasteiger partial charge in [0.15, 0.2) is 0 Å². The molecule has 0 fully saturated rings. The largest absolute Gasteiger partial charge is 0.506 e. The van der Waals surface area contributed by atoms with Gasteiger partial charge in [-0.1, -0.05) is 76.6 Å². The molecule has 3 N–H and O–H groups in total. The third-order valence-electron chi connectivity index (χ3n) is 4.81. The zero-order valence-electron chi connectivity index (χ0n) is 17.5. The molecule has 3 aromatic rings. The average Bonchev–Trinajstić information content (AvgIpc) is 2.81. The van der Waals surface area contributed by atoms with Crippen LogP contribution in [0.2, 0.25) is 0 Å². The van der Waals surface area contributed by atoms with Crippen molar-refractivity contribution in [1.82, 2.24) is 5.48 Å². The Morgan fingerprint density at radius 2 is 1.59 bits per heavy atom. The lowest BCUT2D eigenvalue weighted by molar-refractivity contribution is -0.115. The van der Waals surface area contributed by atoms with Crippen molar-refractivity contribution in [2.24, 2.45) is 0 Å². The molecule has 0 saturated carbocycles. The predicted molar refractivity (Wildman–Crippen MR) is 128 cm³/mol. The van der Waals surface area contributed by atoms with E-state index in [9.17, 15) is 14.7 Å². The number of phenolic OH excluding ortho intramolecular Hbond substituents is 1. The van der Waals surface area contributed by atoms with Crippen LogP contribution >= 0.6 is 15.9 Å². The lowest BCUT2D eigenvalue weighted by Gasteiger charge is -2.13. The smallest absolute Gasteiger partial charge is 0.274 e. The van der Waals surface area contributed by atoms with E-state index >= 15 is 0 Å². The van der Waals surface area contributed by atoms with Crippen molar-refractivity contribution in [2.45, 2.75) is 30.7 Å². The molecular formula is C25H25BrN2O4. The van der Waals surface area contributed by atoms with Crippen molar-refractivity contribution in [3.63, 3.8) is 0 Å². The Labute approximate surface area is 195 Å². The molecule has 0 heterocycles. The monoisotopic (exact) mass is 496 g/mol. The Morgan fingerprint density at radius 1 is 0.938 bits per heavy atom. The summed E-state index contributed by atoms with van der Waals surface area (Å²) in [6.07, 6.45) is 2.39. The number of hydroxylamine groups is 1. The zero-order valence-corrected chi connectivity index (χ0v) is 19.0. The van der Waals surface area contributed by atoms with Gasteiger partial charge in [-0.05, 0) is 48.6 Å². The highest BCUT2D eigenvalue weighted by molar-refractivity contribution is 9.10. The van der Waals surface area contributed by atoms with E-state index in [2.05, 4.69) is 38.9 Å². The van der Waals surface area contributed by atoms with Crippen LogP contribution in [0.15, 0.2) is 78.9 Å². The van der Waals surface area contributed by atoms with Crippen LogP contribution in [0.4, 0.5) is 5.69 Å². The second-order valence-electron chi connectivity index (χ2n) is 7.27. The molecule has 7 heteroatoms. The van der Waals surface area contributed by atoms with Gasteiger partial charge in [-0.3, -0.25) is 14.4 Å². The van der Waals surface area contributed by atoms with Crippen molar-refractivity contribution in [2.75, 3.05) is 5.32 Å². The van der Waals surface area contributed by atoms with Gasteiger partial charge in [0.1, 0.15) is 5.75 Å². The first-order chi connectivity index (χ1) is 15.5. The number of carbonyl (C=O) groups is 2. The minimum atomic E-state index is -0.492. The van der Waals surface area contributed by atoms with Crippen LogP contribution < -0.4 is 10.8 Å². The molecule has 166 valence electrons. The fraction of sp³-hybridized carbons (Fsp3) is 0.200. The van der Waals surface area contributed by atoms with Gasteiger partial charge in [0.05, 0.1) is 17.1 Å². The molecule has 2 amide bonds. The van der Waals surface area contributed by atoms with Crippen LogP contribution in [-0.2, 0) is 22.7 Å². The Hall–Kier alpha value is -3.16. The molecule has 0 bridgehead atoms. The SMILES string of the molecule is O=C(NOCc1ccccc1)c1ccc(NC(=O)C(Br)CCCc2ccccc2)c(O)c1. The van der Waals surface area contributed by atoms with Gasteiger partial charge >= 0.3 is 0 Å². The molecule has 0 radical (unpaired) electrons. The normalized spacial score (nSPS) is 11.5. The first-order valence-electron chi connectivity index (χ1n) is 10.3. The number of nitrogens with one attached hydrogen (secondary N) is 2. The lowest BCUT2D eigenvalue weighted by atomic mass is 10.1. The molecule has 1 atom stereocenters. The number of anilines is 1. The lowest BCUT2D eigenvalue weighted by Crippen LogP contribution is -2.24. The van der Waals surface area contributed by atoms with E-state index in [1.807, 2.05) is 48.5 Å². The van der Waals surface area contributed by atoms with E-state index < -0.39 is 5.91 Å². The molecule has 3 rings (SSSR count). The van der Waals surface area contributed by atoms with Crippen LogP contribution in [0.5, 0.6) is 5.75 Å². The molecular weight excluding hydrogens is 472 g/mol. The quantitative estimate of drug-likeness (QED) is 0.210. The second-order valence-corrected chi connectivity index (χ2v) is 8.38. The average molecular weight is 497 g/mol. The Balaban J connectivity index is 1.46. The third kappa shape index (κ3) is 7.21. The highest BCUT2D eigenvalue weighted by atomic mass is 79.9. The summed E-state index contributed by atoms with van der Waals surface area (Å²) in [4.78, 5) is 29.5. The highest BCUT2D eigenvalue weighted by Gasteiger charge is 2.17. The molecule has 0 aliphatic rings. The maximum absolute atomic E-state index is 12.4. The molecule has 0 aromatic heterocycles. The predicted octanol–water partition coefficient (Wildman–Crippen LogP) is 4.98. The van der Waals surface area contributed by atoms with Crippen molar-refractivity contribution >= 4 is 33.4 Å². The summed E-state index contributed by atoms with van der Waals surface area (Å²) in [5.74, 6) is -0.941. The molecule has 1 unspecified atom stereocenters. The minimum absolute atomic E-state index is 0.196. The van der Waals surface area contributed by atoms with Crippen LogP contribution in [0, 0.1) is 0 Å². The summed E-state index contributed by atoms with van der Waals surface area (Å²) in [5.41, 5.74) is 4.95. The Morgan fingerprint density at radius 3 is 2.25 bits per heavy atom. The van der Waals surface area contributed by atoms with Crippen LogP contribution in [0.3, 0.4) is 0 Å². The van der Waals surface area contributed by atoms with E-state index in [0.717, 1.165) is 18.4 Å². The van der Waals surface area contributed by atoms with Crippen LogP contribution in [-0.4, -0.2) is 21.7 Å². The molecule has 0 saturated heterocycles. The van der Waals surface area contributed by atoms with Crippen molar-refractivity contribution in [3.8, 4) is 5.75 Å². The summed E-state index contributed by atoms with van der Waals surface area (Å²) < 4.78 is 0. The molecule has 3 aromatic carbocycles. The second kappa shape index (κ2) is 12.0. The Bertz CT molecular complexity index is 1030. The number of aryl methyl sites for hydroxylation is 1. The summed E-state index contributed by atoms with van der Waals surface area (Å²) in [7, 11) is 0. The number of phenols is 1. The topological polar surface area (TPSA) is 87.7 Å². The first-order valence-corrected chi connectivity index (χ1v) is 11.2. The minimum Gasteiger partial charge on any atom is -0.506 e. The van der Waals surface area contributed by atoms with Gasteiger partial charge in [-0.2, -0.15) is 0 Å². The number of aromatic hydroxyl groups is 1. The maximum atomic E-state index is 12.4. The van der Waals surface area contributed by atoms with Gasteiger partial charge in [-0.15, -0.1) is 0 Å². The fourth-order valence-electron chi connectivity index (χ4n) is 3.07. The van der Waals surface area contributed by atoms with E-state index in [-0.39, 0.29) is 34.3 Å². The number of rotatable bonds is 10. The molecule has 32 heavy (non-hydrogen) atoms. The fourth-order valence-corrected chi connectivity index (χ4v) is 3.51. The van der Waals surface area contributed by atoms with Crippen molar-refractivity contribution in [3.05, 3.63) is 95.6 Å². The summed E-state index contributed by atoms with van der Waals surface area (Å²) >= 11 is 3.41. The molecule has 0 aliphatic heterocycles. The third-order valence-corrected chi connectivity index (χ3v) is 5.69. The standard InChI is InChI=1S/C25H25BrN2O4/c26-21(13-7-12-18-8-3-1-4-9-18)25(31)27-22-15-14-20(16-23(22)29)24(30)28-32-17-19-10-5-2-6-11-19/h1-6,8-11,14-16,21,29H,7,12-13,17H2,(H,27,31)(H,28,30). The number of halogens is 1. The molecule has 6 nitrogen and oxygen atoms in total. The maximum Gasteiger partial charge on any atom is 0.274 e. The van der Waals surface area contributed by atoms with Crippen LogP contribution in [0.1, 0.15) is 34.3 Å². The Kier molecular flexibility index (Phi) is 8.83. The number of benzene rings is 3. The van der Waals surface area contributed by atoms with E-state index in [0.29, 0.717) is 6.42 Å². The summed E-state index contributed by atoms with van der Waals surface area (Å²) in [6, 6.07) is 23.8. The number of alkyl halides is 1. The van der Waals surface area contributed by atoms with Crippen LogP contribution in [0.25, 0.3) is 0 Å². The number of carbonyl (C=O) groups excluding carboxylic acids is 2.